The normalized spacial score (nSPS) is 21.7. The highest BCUT2D eigenvalue weighted by Gasteiger charge is 2.18. The summed E-state index contributed by atoms with van der Waals surface area (Å²) in [5, 5.41) is 0. The lowest BCUT2D eigenvalue weighted by Gasteiger charge is -2.21. The van der Waals surface area contributed by atoms with E-state index in [4.69, 9.17) is 0 Å². The molecule has 0 heterocycles. The summed E-state index contributed by atoms with van der Waals surface area (Å²) in [6.45, 7) is 6.08. The zero-order chi connectivity index (χ0) is 12.3. The molecule has 0 N–H and O–H groups in total. The van der Waals surface area contributed by atoms with E-state index >= 15 is 0 Å². The van der Waals surface area contributed by atoms with E-state index in [-0.39, 0.29) is 0 Å². The van der Waals surface area contributed by atoms with Gasteiger partial charge in [0.05, 0.1) is 10.8 Å². The molecule has 2 rings (SSSR count). The van der Waals surface area contributed by atoms with Crippen LogP contribution in [0.2, 0.25) is 0 Å². The van der Waals surface area contributed by atoms with E-state index in [1.165, 1.54) is 5.57 Å². The van der Waals surface area contributed by atoms with Gasteiger partial charge in [0, 0.05) is 9.80 Å². The van der Waals surface area contributed by atoms with Crippen LogP contribution in [0, 0.1) is 5.92 Å². The summed E-state index contributed by atoms with van der Waals surface area (Å²) in [6.07, 6.45) is 5.15. The predicted molar refractivity (Wildman–Crippen MR) is 73.1 cm³/mol. The molecule has 0 bridgehead atoms. The number of allylic oxidation sites excluding steroid dienone is 3. The van der Waals surface area contributed by atoms with Gasteiger partial charge in [-0.2, -0.15) is 0 Å². The van der Waals surface area contributed by atoms with Crippen molar-refractivity contribution in [1.82, 2.24) is 0 Å². The third-order valence-corrected chi connectivity index (χ3v) is 4.81. The molecule has 17 heavy (non-hydrogen) atoms. The van der Waals surface area contributed by atoms with Gasteiger partial charge in [0.25, 0.3) is 0 Å². The highest BCUT2D eigenvalue weighted by atomic mass is 32.2. The molecular formula is C15H18OS. The van der Waals surface area contributed by atoms with Crippen LogP contribution in [0.4, 0.5) is 0 Å². The second-order valence-corrected chi connectivity index (χ2v) is 6.10. The SMILES string of the molecule is C=C(C)[C@H]1CC=C([S@](=O)c2ccccc2)CC1. The Hall–Kier alpha value is -1.15. The Balaban J connectivity index is 2.10. The predicted octanol–water partition coefficient (Wildman–Crippen LogP) is 4.05. The molecule has 0 fully saturated rings. The molecule has 1 aliphatic carbocycles. The standard InChI is InChI=1S/C15H18OS/c1-12(2)13-8-10-15(11-9-13)17(16)14-6-4-3-5-7-14/h3-7,10,13H,1,8-9,11H2,2H3/t13-,17+/m0/s1. The van der Waals surface area contributed by atoms with Gasteiger partial charge in [0.1, 0.15) is 0 Å². The monoisotopic (exact) mass is 246 g/mol. The van der Waals surface area contributed by atoms with Gasteiger partial charge in [0.2, 0.25) is 0 Å². The van der Waals surface area contributed by atoms with Crippen molar-refractivity contribution in [2.75, 3.05) is 0 Å². The minimum Gasteiger partial charge on any atom is -0.249 e. The summed E-state index contributed by atoms with van der Waals surface area (Å²) in [6, 6.07) is 9.69. The van der Waals surface area contributed by atoms with Crippen LogP contribution in [0.3, 0.4) is 0 Å². The van der Waals surface area contributed by atoms with Crippen molar-refractivity contribution in [3.05, 3.63) is 53.5 Å². The molecule has 0 saturated carbocycles. The number of benzene rings is 1. The fraction of sp³-hybridized carbons (Fsp3) is 0.333. The van der Waals surface area contributed by atoms with Crippen molar-refractivity contribution < 1.29 is 4.21 Å². The molecule has 0 spiro atoms. The van der Waals surface area contributed by atoms with Crippen LogP contribution in [-0.2, 0) is 10.8 Å². The van der Waals surface area contributed by atoms with E-state index in [1.807, 2.05) is 30.3 Å². The van der Waals surface area contributed by atoms with E-state index < -0.39 is 10.8 Å². The number of rotatable bonds is 3. The molecule has 1 nitrogen and oxygen atoms in total. The van der Waals surface area contributed by atoms with Gasteiger partial charge in [-0.05, 0) is 44.2 Å². The van der Waals surface area contributed by atoms with Crippen LogP contribution in [-0.4, -0.2) is 4.21 Å². The van der Waals surface area contributed by atoms with E-state index in [1.54, 1.807) is 0 Å². The van der Waals surface area contributed by atoms with Crippen molar-refractivity contribution in [2.45, 2.75) is 31.1 Å². The van der Waals surface area contributed by atoms with Gasteiger partial charge < -0.3 is 0 Å². The molecule has 2 heteroatoms. The first-order chi connectivity index (χ1) is 8.18. The molecule has 0 aromatic heterocycles. The third-order valence-electron chi connectivity index (χ3n) is 3.26. The van der Waals surface area contributed by atoms with Gasteiger partial charge in [-0.25, -0.2) is 4.21 Å². The lowest BCUT2D eigenvalue weighted by Crippen LogP contribution is -2.09. The zero-order valence-corrected chi connectivity index (χ0v) is 11.0. The van der Waals surface area contributed by atoms with E-state index in [9.17, 15) is 4.21 Å². The highest BCUT2D eigenvalue weighted by molar-refractivity contribution is 7.89. The third kappa shape index (κ3) is 2.95. The van der Waals surface area contributed by atoms with Crippen LogP contribution >= 0.6 is 0 Å². The molecule has 0 amide bonds. The van der Waals surface area contributed by atoms with Crippen LogP contribution in [0.1, 0.15) is 26.2 Å². The van der Waals surface area contributed by atoms with Crippen LogP contribution in [0.25, 0.3) is 0 Å². The maximum atomic E-state index is 12.3. The quantitative estimate of drug-likeness (QED) is 0.735. The summed E-state index contributed by atoms with van der Waals surface area (Å²) in [5.41, 5.74) is 1.24. The Morgan fingerprint density at radius 3 is 2.59 bits per heavy atom. The summed E-state index contributed by atoms with van der Waals surface area (Å²) in [7, 11) is -0.967. The molecule has 0 unspecified atom stereocenters. The largest absolute Gasteiger partial charge is 0.249 e. The van der Waals surface area contributed by atoms with Gasteiger partial charge in [0.15, 0.2) is 0 Å². The second-order valence-electron chi connectivity index (χ2n) is 4.57. The van der Waals surface area contributed by atoms with Crippen molar-refractivity contribution >= 4 is 10.8 Å². The van der Waals surface area contributed by atoms with E-state index in [0.29, 0.717) is 5.92 Å². The molecule has 1 aromatic rings. The first kappa shape index (κ1) is 12.3. The molecule has 90 valence electrons. The van der Waals surface area contributed by atoms with Crippen molar-refractivity contribution in [1.29, 1.82) is 0 Å². The topological polar surface area (TPSA) is 17.1 Å². The molecule has 1 aliphatic rings. The zero-order valence-electron chi connectivity index (χ0n) is 10.2. The molecule has 1 aromatic carbocycles. The molecule has 0 aliphatic heterocycles. The van der Waals surface area contributed by atoms with Crippen molar-refractivity contribution in [3.63, 3.8) is 0 Å². The van der Waals surface area contributed by atoms with Gasteiger partial charge in [-0.1, -0.05) is 36.4 Å². The highest BCUT2D eigenvalue weighted by Crippen LogP contribution is 2.31. The molecule has 2 atom stereocenters. The smallest absolute Gasteiger partial charge is 0.0805 e. The van der Waals surface area contributed by atoms with Crippen LogP contribution in [0.15, 0.2) is 58.4 Å². The lowest BCUT2D eigenvalue weighted by atomic mass is 9.89. The van der Waals surface area contributed by atoms with Gasteiger partial charge >= 0.3 is 0 Å². The second kappa shape index (κ2) is 5.46. The maximum absolute atomic E-state index is 12.3. The average molecular weight is 246 g/mol. The van der Waals surface area contributed by atoms with Crippen LogP contribution in [0.5, 0.6) is 0 Å². The van der Waals surface area contributed by atoms with Gasteiger partial charge in [-0.3, -0.25) is 0 Å². The van der Waals surface area contributed by atoms with E-state index in [2.05, 4.69) is 19.6 Å². The maximum Gasteiger partial charge on any atom is 0.0805 e. The fourth-order valence-electron chi connectivity index (χ4n) is 2.12. The number of hydrogen-bond acceptors (Lipinski definition) is 1. The fourth-order valence-corrected chi connectivity index (χ4v) is 3.38. The summed E-state index contributed by atoms with van der Waals surface area (Å²) in [4.78, 5) is 1.99. The minimum absolute atomic E-state index is 0.575. The molecular weight excluding hydrogens is 228 g/mol. The van der Waals surface area contributed by atoms with E-state index in [0.717, 1.165) is 29.1 Å². The Morgan fingerprint density at radius 2 is 2.06 bits per heavy atom. The first-order valence-electron chi connectivity index (χ1n) is 5.99. The molecule has 0 radical (unpaired) electrons. The average Bonchev–Trinajstić information content (AvgIpc) is 2.39. The Bertz CT molecular complexity index is 459. The summed E-state index contributed by atoms with van der Waals surface area (Å²) < 4.78 is 12.3. The van der Waals surface area contributed by atoms with Crippen molar-refractivity contribution in [2.24, 2.45) is 5.92 Å². The van der Waals surface area contributed by atoms with Crippen molar-refractivity contribution in [3.8, 4) is 0 Å². The number of hydrogen-bond donors (Lipinski definition) is 0. The Kier molecular flexibility index (Phi) is 3.95. The Labute approximate surface area is 106 Å². The van der Waals surface area contributed by atoms with Crippen LogP contribution < -0.4 is 0 Å². The summed E-state index contributed by atoms with van der Waals surface area (Å²) >= 11 is 0. The lowest BCUT2D eigenvalue weighted by molar-refractivity contribution is 0.548. The first-order valence-corrected chi connectivity index (χ1v) is 7.14. The summed E-state index contributed by atoms with van der Waals surface area (Å²) in [5.74, 6) is 0.575. The molecule has 0 saturated heterocycles. The van der Waals surface area contributed by atoms with Gasteiger partial charge in [-0.15, -0.1) is 0 Å². The Morgan fingerprint density at radius 1 is 1.35 bits per heavy atom. The minimum atomic E-state index is -0.967.